The van der Waals surface area contributed by atoms with Crippen molar-refractivity contribution >= 4 is 0 Å². The molecule has 0 aromatic carbocycles. The van der Waals surface area contributed by atoms with E-state index < -0.39 is 0 Å². The van der Waals surface area contributed by atoms with Gasteiger partial charge in [-0.25, -0.2) is 0 Å². The highest BCUT2D eigenvalue weighted by atomic mass is 14.6. The van der Waals surface area contributed by atoms with E-state index in [2.05, 4.69) is 19.7 Å². The van der Waals surface area contributed by atoms with Gasteiger partial charge in [0.05, 0.1) is 0 Å². The van der Waals surface area contributed by atoms with Gasteiger partial charge in [-0.15, -0.1) is 0 Å². The first-order valence-corrected chi connectivity index (χ1v) is 3.39. The Bertz CT molecular complexity index is 181. The van der Waals surface area contributed by atoms with Crippen LogP contribution < -0.4 is 5.73 Å². The van der Waals surface area contributed by atoms with Crippen LogP contribution in [0, 0.1) is 0 Å². The van der Waals surface area contributed by atoms with E-state index in [1.54, 1.807) is 0 Å². The summed E-state index contributed by atoms with van der Waals surface area (Å²) in [4.78, 5) is 0. The molecule has 0 aromatic heterocycles. The SMILES string of the molecule is C=C1CC(=C)C(N)C(=C)C1. The lowest BCUT2D eigenvalue weighted by Gasteiger charge is -2.24. The quantitative estimate of drug-likeness (QED) is 0.503. The molecule has 0 aromatic rings. The second-order valence-electron chi connectivity index (χ2n) is 2.90. The summed E-state index contributed by atoms with van der Waals surface area (Å²) in [5.74, 6) is 0. The molecule has 1 rings (SSSR count). The van der Waals surface area contributed by atoms with Crippen LogP contribution in [-0.2, 0) is 0 Å². The summed E-state index contributed by atoms with van der Waals surface area (Å²) in [7, 11) is 0. The van der Waals surface area contributed by atoms with Crippen molar-refractivity contribution in [1.29, 1.82) is 0 Å². The Hall–Kier alpha value is -0.820. The molecule has 0 bridgehead atoms. The number of hydrogen-bond donors (Lipinski definition) is 1. The fourth-order valence-corrected chi connectivity index (χ4v) is 1.21. The third kappa shape index (κ3) is 1.19. The number of rotatable bonds is 0. The van der Waals surface area contributed by atoms with E-state index in [1.165, 1.54) is 5.57 Å². The van der Waals surface area contributed by atoms with Crippen molar-refractivity contribution in [2.24, 2.45) is 5.73 Å². The molecule has 1 saturated carbocycles. The summed E-state index contributed by atoms with van der Waals surface area (Å²) >= 11 is 0. The minimum atomic E-state index is 0.00509. The van der Waals surface area contributed by atoms with Crippen LogP contribution in [0.25, 0.3) is 0 Å². The zero-order chi connectivity index (χ0) is 7.72. The normalized spacial score (nSPS) is 21.9. The van der Waals surface area contributed by atoms with Gasteiger partial charge < -0.3 is 5.73 Å². The van der Waals surface area contributed by atoms with Crippen LogP contribution in [0.1, 0.15) is 12.8 Å². The van der Waals surface area contributed by atoms with Gasteiger partial charge in [0.25, 0.3) is 0 Å². The molecule has 0 saturated heterocycles. The van der Waals surface area contributed by atoms with Crippen LogP contribution in [0.3, 0.4) is 0 Å². The van der Waals surface area contributed by atoms with Gasteiger partial charge in [0, 0.05) is 6.04 Å². The van der Waals surface area contributed by atoms with Gasteiger partial charge >= 0.3 is 0 Å². The maximum atomic E-state index is 5.74. The van der Waals surface area contributed by atoms with E-state index in [4.69, 9.17) is 5.73 Å². The zero-order valence-corrected chi connectivity index (χ0v) is 6.19. The van der Waals surface area contributed by atoms with Gasteiger partial charge in [-0.1, -0.05) is 36.5 Å². The predicted molar refractivity (Wildman–Crippen MR) is 44.6 cm³/mol. The van der Waals surface area contributed by atoms with E-state index in [-0.39, 0.29) is 6.04 Å². The third-order valence-electron chi connectivity index (χ3n) is 1.83. The van der Waals surface area contributed by atoms with E-state index in [1.807, 2.05) is 0 Å². The molecule has 0 amide bonds. The Morgan fingerprint density at radius 3 is 1.90 bits per heavy atom. The van der Waals surface area contributed by atoms with Gasteiger partial charge in [-0.05, 0) is 12.8 Å². The second kappa shape index (κ2) is 2.43. The lowest BCUT2D eigenvalue weighted by Crippen LogP contribution is -2.27. The van der Waals surface area contributed by atoms with Crippen LogP contribution in [-0.4, -0.2) is 6.04 Å². The predicted octanol–water partition coefficient (Wildman–Crippen LogP) is 1.78. The maximum absolute atomic E-state index is 5.74. The molecule has 1 nitrogen and oxygen atoms in total. The Kier molecular flexibility index (Phi) is 1.77. The fourth-order valence-electron chi connectivity index (χ4n) is 1.21. The molecule has 0 aliphatic heterocycles. The van der Waals surface area contributed by atoms with E-state index in [9.17, 15) is 0 Å². The first-order valence-electron chi connectivity index (χ1n) is 3.39. The molecule has 1 heteroatoms. The molecule has 0 unspecified atom stereocenters. The molecular formula is C9H13N. The smallest absolute Gasteiger partial charge is 0.0471 e. The summed E-state index contributed by atoms with van der Waals surface area (Å²) < 4.78 is 0. The summed E-state index contributed by atoms with van der Waals surface area (Å²) in [5, 5.41) is 0. The van der Waals surface area contributed by atoms with Crippen LogP contribution in [0.15, 0.2) is 36.5 Å². The Labute approximate surface area is 61.9 Å². The number of nitrogens with two attached hydrogens (primary N) is 1. The van der Waals surface area contributed by atoms with Crippen LogP contribution in [0.5, 0.6) is 0 Å². The average Bonchev–Trinajstić information content (AvgIpc) is 1.82. The summed E-state index contributed by atoms with van der Waals surface area (Å²) in [5.41, 5.74) is 9.01. The third-order valence-corrected chi connectivity index (χ3v) is 1.83. The topological polar surface area (TPSA) is 26.0 Å². The second-order valence-corrected chi connectivity index (χ2v) is 2.90. The van der Waals surface area contributed by atoms with Crippen LogP contribution in [0.4, 0.5) is 0 Å². The summed E-state index contributed by atoms with van der Waals surface area (Å²) in [6.07, 6.45) is 1.75. The van der Waals surface area contributed by atoms with Crippen molar-refractivity contribution in [3.63, 3.8) is 0 Å². The lowest BCUT2D eigenvalue weighted by atomic mass is 9.85. The van der Waals surface area contributed by atoms with Gasteiger partial charge in [-0.3, -0.25) is 0 Å². The maximum Gasteiger partial charge on any atom is 0.0471 e. The fraction of sp³-hybridized carbons (Fsp3) is 0.333. The standard InChI is InChI=1S/C9H13N/c1-6-4-7(2)9(10)8(3)5-6/h9H,1-5,10H2. The zero-order valence-electron chi connectivity index (χ0n) is 6.19. The Balaban J connectivity index is 2.76. The van der Waals surface area contributed by atoms with Gasteiger partial charge in [0.15, 0.2) is 0 Å². The number of hydrogen-bond acceptors (Lipinski definition) is 1. The highest BCUT2D eigenvalue weighted by Crippen LogP contribution is 2.27. The highest BCUT2D eigenvalue weighted by Gasteiger charge is 2.18. The molecule has 0 heterocycles. The molecular weight excluding hydrogens is 122 g/mol. The molecule has 54 valence electrons. The van der Waals surface area contributed by atoms with Crippen molar-refractivity contribution in [2.45, 2.75) is 18.9 Å². The van der Waals surface area contributed by atoms with Crippen molar-refractivity contribution in [3.8, 4) is 0 Å². The van der Waals surface area contributed by atoms with E-state index >= 15 is 0 Å². The minimum absolute atomic E-state index is 0.00509. The van der Waals surface area contributed by atoms with Crippen molar-refractivity contribution in [1.82, 2.24) is 0 Å². The molecule has 0 spiro atoms. The minimum Gasteiger partial charge on any atom is -0.321 e. The van der Waals surface area contributed by atoms with Gasteiger partial charge in [-0.2, -0.15) is 0 Å². The lowest BCUT2D eigenvalue weighted by molar-refractivity contribution is 0.762. The van der Waals surface area contributed by atoms with E-state index in [0.717, 1.165) is 24.0 Å². The number of allylic oxidation sites excluding steroid dienone is 1. The monoisotopic (exact) mass is 135 g/mol. The highest BCUT2D eigenvalue weighted by molar-refractivity contribution is 5.33. The molecule has 0 radical (unpaired) electrons. The largest absolute Gasteiger partial charge is 0.321 e. The van der Waals surface area contributed by atoms with Crippen molar-refractivity contribution in [3.05, 3.63) is 36.5 Å². The first kappa shape index (κ1) is 7.29. The molecule has 10 heavy (non-hydrogen) atoms. The summed E-state index contributed by atoms with van der Waals surface area (Å²) in [6.45, 7) is 11.6. The van der Waals surface area contributed by atoms with Gasteiger partial charge in [0.2, 0.25) is 0 Å². The van der Waals surface area contributed by atoms with E-state index in [0.29, 0.717) is 0 Å². The van der Waals surface area contributed by atoms with Crippen LogP contribution >= 0.6 is 0 Å². The van der Waals surface area contributed by atoms with Crippen molar-refractivity contribution < 1.29 is 0 Å². The summed E-state index contributed by atoms with van der Waals surface area (Å²) in [6, 6.07) is 0.00509. The van der Waals surface area contributed by atoms with Crippen molar-refractivity contribution in [2.75, 3.05) is 0 Å². The Morgan fingerprint density at radius 2 is 1.50 bits per heavy atom. The molecule has 2 N–H and O–H groups in total. The average molecular weight is 135 g/mol. The first-order chi connectivity index (χ1) is 4.61. The van der Waals surface area contributed by atoms with Gasteiger partial charge in [0.1, 0.15) is 0 Å². The van der Waals surface area contributed by atoms with Crippen LogP contribution in [0.2, 0.25) is 0 Å². The molecule has 0 atom stereocenters. The molecule has 1 aliphatic rings. The molecule has 1 aliphatic carbocycles. The molecule has 1 fully saturated rings. The Morgan fingerprint density at radius 1 is 1.10 bits per heavy atom.